The van der Waals surface area contributed by atoms with E-state index in [-0.39, 0.29) is 6.54 Å². The van der Waals surface area contributed by atoms with Crippen molar-refractivity contribution in [2.45, 2.75) is 13.0 Å². The van der Waals surface area contributed by atoms with Gasteiger partial charge in [-0.25, -0.2) is 9.59 Å². The summed E-state index contributed by atoms with van der Waals surface area (Å²) in [5.74, 6) is -1.95. The highest BCUT2D eigenvalue weighted by Crippen LogP contribution is 2.22. The molecular weight excluding hydrogens is 422 g/mol. The SMILES string of the molecule is COC(=O)c1cn(CC(=O)OCC(=O)NC(=O)NCCc2cccs2)c2ccccc12. The van der Waals surface area contributed by atoms with Crippen molar-refractivity contribution in [3.63, 3.8) is 0 Å². The highest BCUT2D eigenvalue weighted by atomic mass is 32.1. The monoisotopic (exact) mass is 443 g/mol. The molecule has 3 aromatic rings. The molecule has 10 heteroatoms. The van der Waals surface area contributed by atoms with E-state index in [2.05, 4.69) is 10.6 Å². The standard InChI is InChI=1S/C21H21N3O6S/c1-29-20(27)16-11-24(17-7-3-2-6-15(16)17)12-19(26)30-13-18(25)23-21(28)22-9-8-14-5-4-10-31-14/h2-7,10-11H,8-9,12-13H2,1H3,(H2,22,23,25,28). The third-order valence-corrected chi connectivity index (χ3v) is 5.28. The number of carbonyl (C=O) groups excluding carboxylic acids is 4. The number of para-hydroxylation sites is 1. The third-order valence-electron chi connectivity index (χ3n) is 4.35. The average Bonchev–Trinajstić information content (AvgIpc) is 3.40. The van der Waals surface area contributed by atoms with Gasteiger partial charge in [-0.3, -0.25) is 14.9 Å². The molecule has 0 unspecified atom stereocenters. The smallest absolute Gasteiger partial charge is 0.340 e. The maximum absolute atomic E-state index is 12.2. The highest BCUT2D eigenvalue weighted by Gasteiger charge is 2.17. The van der Waals surface area contributed by atoms with Crippen LogP contribution < -0.4 is 10.6 Å². The molecule has 0 aliphatic rings. The van der Waals surface area contributed by atoms with Gasteiger partial charge in [-0.15, -0.1) is 11.3 Å². The number of fused-ring (bicyclic) bond motifs is 1. The maximum atomic E-state index is 12.2. The average molecular weight is 443 g/mol. The Morgan fingerprint density at radius 2 is 1.90 bits per heavy atom. The molecule has 0 saturated carbocycles. The zero-order valence-corrected chi connectivity index (χ0v) is 17.6. The third kappa shape index (κ3) is 5.92. The molecule has 0 radical (unpaired) electrons. The number of carbonyl (C=O) groups is 4. The number of esters is 2. The Balaban J connectivity index is 1.47. The topological polar surface area (TPSA) is 116 Å². The summed E-state index contributed by atoms with van der Waals surface area (Å²) in [4.78, 5) is 48.8. The molecule has 0 spiro atoms. The van der Waals surface area contributed by atoms with Gasteiger partial charge in [0.2, 0.25) is 0 Å². The molecule has 2 aromatic heterocycles. The second-order valence-corrected chi connectivity index (χ2v) is 7.51. The zero-order chi connectivity index (χ0) is 22.2. The summed E-state index contributed by atoms with van der Waals surface area (Å²) in [6, 6.07) is 10.3. The molecule has 0 aliphatic heterocycles. The van der Waals surface area contributed by atoms with E-state index in [4.69, 9.17) is 9.47 Å². The number of nitrogens with one attached hydrogen (secondary N) is 2. The first-order valence-electron chi connectivity index (χ1n) is 9.40. The van der Waals surface area contributed by atoms with Crippen LogP contribution in [0.2, 0.25) is 0 Å². The second-order valence-electron chi connectivity index (χ2n) is 6.47. The summed E-state index contributed by atoms with van der Waals surface area (Å²) >= 11 is 1.58. The van der Waals surface area contributed by atoms with Crippen LogP contribution in [-0.4, -0.2) is 48.7 Å². The minimum absolute atomic E-state index is 0.211. The van der Waals surface area contributed by atoms with Crippen molar-refractivity contribution in [1.29, 1.82) is 0 Å². The molecule has 3 rings (SSSR count). The Kier molecular flexibility index (Phi) is 7.39. The number of imide groups is 1. The number of aromatic nitrogens is 1. The second kappa shape index (κ2) is 10.4. The van der Waals surface area contributed by atoms with Gasteiger partial charge in [-0.1, -0.05) is 24.3 Å². The van der Waals surface area contributed by atoms with E-state index in [1.165, 1.54) is 13.3 Å². The van der Waals surface area contributed by atoms with Crippen molar-refractivity contribution in [2.24, 2.45) is 0 Å². The Bertz CT molecular complexity index is 1090. The molecule has 0 atom stereocenters. The van der Waals surface area contributed by atoms with Gasteiger partial charge < -0.3 is 19.4 Å². The molecule has 31 heavy (non-hydrogen) atoms. The molecule has 162 valence electrons. The summed E-state index contributed by atoms with van der Waals surface area (Å²) in [7, 11) is 1.28. The molecule has 3 amide bonds. The quantitative estimate of drug-likeness (QED) is 0.515. The molecule has 0 aliphatic carbocycles. The van der Waals surface area contributed by atoms with E-state index in [1.54, 1.807) is 40.2 Å². The number of hydrogen-bond acceptors (Lipinski definition) is 7. The van der Waals surface area contributed by atoms with Crippen molar-refractivity contribution < 1.29 is 28.7 Å². The lowest BCUT2D eigenvalue weighted by molar-refractivity contribution is -0.148. The van der Waals surface area contributed by atoms with E-state index < -0.39 is 30.5 Å². The Morgan fingerprint density at radius 3 is 2.65 bits per heavy atom. The fourth-order valence-electron chi connectivity index (χ4n) is 2.94. The molecule has 2 heterocycles. The Hall–Kier alpha value is -3.66. The van der Waals surface area contributed by atoms with Crippen molar-refractivity contribution in [1.82, 2.24) is 15.2 Å². The van der Waals surface area contributed by atoms with Crippen LogP contribution in [0.1, 0.15) is 15.2 Å². The van der Waals surface area contributed by atoms with Crippen LogP contribution in [0.5, 0.6) is 0 Å². The summed E-state index contributed by atoms with van der Waals surface area (Å²) < 4.78 is 11.3. The van der Waals surface area contributed by atoms with Gasteiger partial charge in [-0.05, 0) is 23.9 Å². The number of urea groups is 1. The van der Waals surface area contributed by atoms with E-state index in [1.807, 2.05) is 17.5 Å². The van der Waals surface area contributed by atoms with Crippen LogP contribution in [0, 0.1) is 0 Å². The Morgan fingerprint density at radius 1 is 1.10 bits per heavy atom. The summed E-state index contributed by atoms with van der Waals surface area (Å²) in [6.45, 7) is -0.430. The van der Waals surface area contributed by atoms with Gasteiger partial charge in [0.1, 0.15) is 6.54 Å². The van der Waals surface area contributed by atoms with Gasteiger partial charge in [0, 0.05) is 28.5 Å². The van der Waals surface area contributed by atoms with Crippen LogP contribution in [0.4, 0.5) is 4.79 Å². The van der Waals surface area contributed by atoms with Crippen LogP contribution in [-0.2, 0) is 32.0 Å². The van der Waals surface area contributed by atoms with Crippen LogP contribution in [0.25, 0.3) is 10.9 Å². The van der Waals surface area contributed by atoms with Crippen LogP contribution in [0.3, 0.4) is 0 Å². The minimum atomic E-state index is -0.741. The lowest BCUT2D eigenvalue weighted by Crippen LogP contribution is -2.42. The van der Waals surface area contributed by atoms with Gasteiger partial charge >= 0.3 is 18.0 Å². The van der Waals surface area contributed by atoms with Crippen molar-refractivity contribution >= 4 is 46.1 Å². The number of nitrogens with zero attached hydrogens (tertiary/aromatic N) is 1. The predicted octanol–water partition coefficient (Wildman–Crippen LogP) is 2.10. The number of methoxy groups -OCH3 is 1. The van der Waals surface area contributed by atoms with Gasteiger partial charge in [0.15, 0.2) is 6.61 Å². The Labute approximate surface area is 181 Å². The molecule has 2 N–H and O–H groups in total. The number of amides is 3. The fraction of sp³-hybridized carbons (Fsp3) is 0.238. The molecule has 9 nitrogen and oxygen atoms in total. The molecule has 0 bridgehead atoms. The van der Waals surface area contributed by atoms with Crippen LogP contribution in [0.15, 0.2) is 48.0 Å². The fourth-order valence-corrected chi connectivity index (χ4v) is 3.65. The first kappa shape index (κ1) is 22.0. The lowest BCUT2D eigenvalue weighted by Gasteiger charge is -2.08. The van der Waals surface area contributed by atoms with E-state index in [9.17, 15) is 19.2 Å². The molecule has 1 aromatic carbocycles. The minimum Gasteiger partial charge on any atom is -0.465 e. The van der Waals surface area contributed by atoms with Crippen molar-refractivity contribution in [3.8, 4) is 0 Å². The number of rotatable bonds is 8. The largest absolute Gasteiger partial charge is 0.465 e. The normalized spacial score (nSPS) is 10.5. The van der Waals surface area contributed by atoms with Gasteiger partial charge in [0.25, 0.3) is 5.91 Å². The van der Waals surface area contributed by atoms with Crippen molar-refractivity contribution in [3.05, 3.63) is 58.4 Å². The van der Waals surface area contributed by atoms with Gasteiger partial charge in [-0.2, -0.15) is 0 Å². The molecule has 0 fully saturated rings. The molecule has 0 saturated heterocycles. The van der Waals surface area contributed by atoms with E-state index in [0.717, 1.165) is 4.88 Å². The number of thiophene rings is 1. The van der Waals surface area contributed by atoms with Gasteiger partial charge in [0.05, 0.1) is 12.7 Å². The lowest BCUT2D eigenvalue weighted by atomic mass is 10.2. The predicted molar refractivity (Wildman–Crippen MR) is 114 cm³/mol. The first-order valence-corrected chi connectivity index (χ1v) is 10.3. The zero-order valence-electron chi connectivity index (χ0n) is 16.8. The molecular formula is C21H21N3O6S. The number of ether oxygens (including phenoxy) is 2. The summed E-state index contributed by atoms with van der Waals surface area (Å²) in [5.41, 5.74) is 0.970. The highest BCUT2D eigenvalue weighted by molar-refractivity contribution is 7.09. The first-order chi connectivity index (χ1) is 15.0. The maximum Gasteiger partial charge on any atom is 0.340 e. The summed E-state index contributed by atoms with van der Waals surface area (Å²) in [5, 5.41) is 7.25. The van der Waals surface area contributed by atoms with E-state index in [0.29, 0.717) is 29.4 Å². The number of hydrogen-bond donors (Lipinski definition) is 2. The van der Waals surface area contributed by atoms with Crippen LogP contribution >= 0.6 is 11.3 Å². The van der Waals surface area contributed by atoms with E-state index >= 15 is 0 Å². The van der Waals surface area contributed by atoms with Crippen molar-refractivity contribution in [2.75, 3.05) is 20.3 Å². The summed E-state index contributed by atoms with van der Waals surface area (Å²) in [6.07, 6.45) is 2.16. The number of benzene rings is 1.